The van der Waals surface area contributed by atoms with E-state index in [0.29, 0.717) is 28.2 Å². The Morgan fingerprint density at radius 3 is 2.63 bits per heavy atom. The number of alkyl halides is 1. The number of sulfonamides is 1. The van der Waals surface area contributed by atoms with Crippen LogP contribution in [0.3, 0.4) is 0 Å². The molecule has 108 valence electrons. The van der Waals surface area contributed by atoms with E-state index in [1.54, 1.807) is 12.1 Å². The molecule has 0 saturated carbocycles. The molecule has 0 aliphatic carbocycles. The number of hydrogen-bond donors (Lipinski definition) is 0. The average molecular weight is 389 g/mol. The Bertz CT molecular complexity index is 512. The van der Waals surface area contributed by atoms with Crippen molar-refractivity contribution in [2.75, 3.05) is 25.0 Å². The molecule has 0 aromatic carbocycles. The quantitative estimate of drug-likeness (QED) is 0.729. The molecule has 0 atom stereocenters. The van der Waals surface area contributed by atoms with Gasteiger partial charge in [-0.25, -0.2) is 8.42 Å². The van der Waals surface area contributed by atoms with E-state index in [2.05, 4.69) is 15.9 Å². The van der Waals surface area contributed by atoms with Gasteiger partial charge in [-0.05, 0) is 25.0 Å². The van der Waals surface area contributed by atoms with Gasteiger partial charge in [0.05, 0.1) is 17.0 Å². The summed E-state index contributed by atoms with van der Waals surface area (Å²) in [5, 5.41) is 0.805. The van der Waals surface area contributed by atoms with Gasteiger partial charge in [-0.2, -0.15) is 4.31 Å². The van der Waals surface area contributed by atoms with Crippen LogP contribution in [0, 0.1) is 0 Å². The first kappa shape index (κ1) is 15.7. The Labute approximate surface area is 130 Å². The fourth-order valence-electron chi connectivity index (χ4n) is 2.01. The molecule has 2 rings (SSSR count). The lowest BCUT2D eigenvalue weighted by molar-refractivity contribution is 0.0309. The van der Waals surface area contributed by atoms with Gasteiger partial charge < -0.3 is 4.74 Å². The van der Waals surface area contributed by atoms with Gasteiger partial charge in [-0.1, -0.05) is 27.5 Å². The standard InChI is InChI=1S/C11H15BrClNO3S2/c12-5-8-17-9-3-6-14(7-4-9)19(15,16)11-2-1-10(13)18-11/h1-2,9H,3-8H2. The monoisotopic (exact) mass is 387 g/mol. The molecule has 8 heteroatoms. The van der Waals surface area contributed by atoms with Crippen molar-refractivity contribution in [3.05, 3.63) is 16.5 Å². The molecule has 0 amide bonds. The number of halogens is 2. The predicted octanol–water partition coefficient (Wildman–Crippen LogP) is 2.97. The minimum Gasteiger partial charge on any atom is -0.377 e. The van der Waals surface area contributed by atoms with Gasteiger partial charge in [-0.3, -0.25) is 0 Å². The molecule has 0 unspecified atom stereocenters. The van der Waals surface area contributed by atoms with Crippen LogP contribution in [0.2, 0.25) is 4.34 Å². The van der Waals surface area contributed by atoms with Crippen molar-refractivity contribution in [3.8, 4) is 0 Å². The SMILES string of the molecule is O=S(=O)(c1ccc(Cl)s1)N1CCC(OCCBr)CC1. The summed E-state index contributed by atoms with van der Waals surface area (Å²) < 4.78 is 32.6. The molecule has 0 bridgehead atoms. The van der Waals surface area contributed by atoms with Crippen LogP contribution >= 0.6 is 38.9 Å². The zero-order valence-corrected chi connectivity index (χ0v) is 14.2. The maximum Gasteiger partial charge on any atom is 0.252 e. The van der Waals surface area contributed by atoms with E-state index in [4.69, 9.17) is 16.3 Å². The minimum absolute atomic E-state index is 0.163. The van der Waals surface area contributed by atoms with Crippen LogP contribution in [-0.4, -0.2) is 43.9 Å². The highest BCUT2D eigenvalue weighted by Crippen LogP contribution is 2.29. The van der Waals surface area contributed by atoms with E-state index < -0.39 is 10.0 Å². The van der Waals surface area contributed by atoms with Crippen molar-refractivity contribution < 1.29 is 13.2 Å². The Balaban J connectivity index is 1.97. The molecule has 19 heavy (non-hydrogen) atoms. The van der Waals surface area contributed by atoms with E-state index in [1.807, 2.05) is 0 Å². The fourth-order valence-corrected chi connectivity index (χ4v) is 5.31. The van der Waals surface area contributed by atoms with Gasteiger partial charge in [0.25, 0.3) is 10.0 Å². The summed E-state index contributed by atoms with van der Waals surface area (Å²) in [6.07, 6.45) is 1.65. The second-order valence-electron chi connectivity index (χ2n) is 4.22. The van der Waals surface area contributed by atoms with Gasteiger partial charge in [0.2, 0.25) is 0 Å². The third-order valence-corrected chi connectivity index (χ3v) is 6.90. The van der Waals surface area contributed by atoms with Gasteiger partial charge in [-0.15, -0.1) is 11.3 Å². The smallest absolute Gasteiger partial charge is 0.252 e. The molecule has 2 heterocycles. The Kier molecular flexibility index (Phi) is 5.68. The molecule has 1 aliphatic rings. The highest BCUT2D eigenvalue weighted by Gasteiger charge is 2.30. The van der Waals surface area contributed by atoms with Crippen LogP contribution in [0.1, 0.15) is 12.8 Å². The minimum atomic E-state index is -3.38. The Morgan fingerprint density at radius 2 is 2.11 bits per heavy atom. The molecular weight excluding hydrogens is 374 g/mol. The molecular formula is C11H15BrClNO3S2. The van der Waals surface area contributed by atoms with Crippen molar-refractivity contribution in [2.45, 2.75) is 23.2 Å². The fraction of sp³-hybridized carbons (Fsp3) is 0.636. The summed E-state index contributed by atoms with van der Waals surface area (Å²) in [5.74, 6) is 0. The molecule has 0 radical (unpaired) electrons. The summed E-state index contributed by atoms with van der Waals surface area (Å²) in [5.41, 5.74) is 0. The second kappa shape index (κ2) is 6.87. The molecule has 1 saturated heterocycles. The zero-order chi connectivity index (χ0) is 13.9. The first-order valence-electron chi connectivity index (χ1n) is 5.97. The number of ether oxygens (including phenoxy) is 1. The van der Waals surface area contributed by atoms with Crippen LogP contribution in [0.25, 0.3) is 0 Å². The first-order chi connectivity index (χ1) is 9.04. The van der Waals surface area contributed by atoms with E-state index in [9.17, 15) is 8.42 Å². The van der Waals surface area contributed by atoms with Crippen molar-refractivity contribution in [1.29, 1.82) is 0 Å². The molecule has 0 spiro atoms. The van der Waals surface area contributed by atoms with Crippen molar-refractivity contribution >= 4 is 48.9 Å². The van der Waals surface area contributed by atoms with Gasteiger partial charge in [0.1, 0.15) is 4.21 Å². The summed E-state index contributed by atoms with van der Waals surface area (Å²) in [7, 11) is -3.38. The van der Waals surface area contributed by atoms with Gasteiger partial charge in [0.15, 0.2) is 0 Å². The highest BCUT2D eigenvalue weighted by molar-refractivity contribution is 9.09. The van der Waals surface area contributed by atoms with Crippen molar-refractivity contribution in [1.82, 2.24) is 4.31 Å². The lowest BCUT2D eigenvalue weighted by Crippen LogP contribution is -2.40. The number of nitrogens with zero attached hydrogens (tertiary/aromatic N) is 1. The second-order valence-corrected chi connectivity index (χ2v) is 8.89. The zero-order valence-electron chi connectivity index (χ0n) is 10.2. The van der Waals surface area contributed by atoms with Crippen LogP contribution in [0.4, 0.5) is 0 Å². The normalized spacial score (nSPS) is 18.8. The summed E-state index contributed by atoms with van der Waals surface area (Å²) in [6, 6.07) is 3.18. The molecule has 1 aromatic rings. The lowest BCUT2D eigenvalue weighted by Gasteiger charge is -2.30. The number of hydrogen-bond acceptors (Lipinski definition) is 4. The molecule has 1 aliphatic heterocycles. The van der Waals surface area contributed by atoms with E-state index in [1.165, 1.54) is 4.31 Å². The summed E-state index contributed by atoms with van der Waals surface area (Å²) >= 11 is 10.2. The Hall–Kier alpha value is 0.340. The highest BCUT2D eigenvalue weighted by atomic mass is 79.9. The molecule has 1 aromatic heterocycles. The molecule has 1 fully saturated rings. The first-order valence-corrected chi connectivity index (χ1v) is 9.72. The maximum atomic E-state index is 12.4. The number of piperidine rings is 1. The van der Waals surface area contributed by atoms with E-state index in [0.717, 1.165) is 29.5 Å². The molecule has 4 nitrogen and oxygen atoms in total. The van der Waals surface area contributed by atoms with E-state index in [-0.39, 0.29) is 6.10 Å². The van der Waals surface area contributed by atoms with Gasteiger partial charge in [0, 0.05) is 18.4 Å². The average Bonchev–Trinajstić information content (AvgIpc) is 2.84. The van der Waals surface area contributed by atoms with Crippen molar-refractivity contribution in [2.24, 2.45) is 0 Å². The predicted molar refractivity (Wildman–Crippen MR) is 80.9 cm³/mol. The summed E-state index contributed by atoms with van der Waals surface area (Å²) in [6.45, 7) is 1.67. The van der Waals surface area contributed by atoms with Crippen LogP contribution < -0.4 is 0 Å². The maximum absolute atomic E-state index is 12.4. The van der Waals surface area contributed by atoms with E-state index >= 15 is 0 Å². The number of thiophene rings is 1. The Morgan fingerprint density at radius 1 is 1.42 bits per heavy atom. The van der Waals surface area contributed by atoms with Crippen LogP contribution in [-0.2, 0) is 14.8 Å². The van der Waals surface area contributed by atoms with Crippen LogP contribution in [0.5, 0.6) is 0 Å². The largest absolute Gasteiger partial charge is 0.377 e. The van der Waals surface area contributed by atoms with Gasteiger partial charge >= 0.3 is 0 Å². The third kappa shape index (κ3) is 3.92. The lowest BCUT2D eigenvalue weighted by atomic mass is 10.1. The third-order valence-electron chi connectivity index (χ3n) is 2.97. The van der Waals surface area contributed by atoms with Crippen molar-refractivity contribution in [3.63, 3.8) is 0 Å². The molecule has 0 N–H and O–H groups in total. The topological polar surface area (TPSA) is 46.6 Å². The number of rotatable bonds is 5. The summed E-state index contributed by atoms with van der Waals surface area (Å²) in [4.78, 5) is 0. The van der Waals surface area contributed by atoms with Crippen LogP contribution in [0.15, 0.2) is 16.3 Å².